The van der Waals surface area contributed by atoms with Crippen LogP contribution < -0.4 is 4.90 Å². The van der Waals surface area contributed by atoms with Crippen molar-refractivity contribution in [3.63, 3.8) is 0 Å². The predicted molar refractivity (Wildman–Crippen MR) is 105 cm³/mol. The van der Waals surface area contributed by atoms with Crippen molar-refractivity contribution in [1.29, 1.82) is 0 Å². The van der Waals surface area contributed by atoms with Crippen molar-refractivity contribution in [2.24, 2.45) is 4.99 Å². The molecule has 0 radical (unpaired) electrons. The molecule has 2 amide bonds. The minimum atomic E-state index is -0.770. The van der Waals surface area contributed by atoms with E-state index in [-0.39, 0.29) is 11.6 Å². The van der Waals surface area contributed by atoms with E-state index in [1.54, 1.807) is 31.7 Å². The molecule has 0 N–H and O–H groups in total. The Labute approximate surface area is 160 Å². The molecule has 1 aliphatic rings. The number of halogens is 1. The van der Waals surface area contributed by atoms with Gasteiger partial charge in [-0.15, -0.1) is 0 Å². The van der Waals surface area contributed by atoms with Crippen LogP contribution >= 0.6 is 15.9 Å². The first-order valence-electron chi connectivity index (χ1n) is 8.22. The van der Waals surface area contributed by atoms with Crippen LogP contribution in [-0.2, 0) is 16.1 Å². The quantitative estimate of drug-likeness (QED) is 0.713. The molecule has 3 rings (SSSR count). The van der Waals surface area contributed by atoms with Gasteiger partial charge in [0.15, 0.2) is 0 Å². The first-order chi connectivity index (χ1) is 12.3. The van der Waals surface area contributed by atoms with Gasteiger partial charge in [0.05, 0.1) is 12.2 Å². The molecule has 2 aromatic rings. The molecule has 0 aliphatic carbocycles. The van der Waals surface area contributed by atoms with Gasteiger partial charge in [0, 0.05) is 10.0 Å². The highest BCUT2D eigenvalue weighted by Gasteiger charge is 2.36. The van der Waals surface area contributed by atoms with Gasteiger partial charge in [0.2, 0.25) is 0 Å². The van der Waals surface area contributed by atoms with E-state index < -0.39 is 11.7 Å². The van der Waals surface area contributed by atoms with Gasteiger partial charge in [-0.25, -0.2) is 4.79 Å². The van der Waals surface area contributed by atoms with Crippen LogP contribution in [0.3, 0.4) is 0 Å². The minimum absolute atomic E-state index is 0.103. The van der Waals surface area contributed by atoms with E-state index in [0.717, 1.165) is 10.0 Å². The summed E-state index contributed by atoms with van der Waals surface area (Å²) in [5, 5.41) is 0. The van der Waals surface area contributed by atoms with E-state index in [0.29, 0.717) is 17.8 Å². The highest BCUT2D eigenvalue weighted by Crippen LogP contribution is 2.37. The second-order valence-corrected chi connectivity index (χ2v) is 7.81. The van der Waals surface area contributed by atoms with Crippen LogP contribution in [-0.4, -0.2) is 23.3 Å². The molecule has 0 saturated heterocycles. The average Bonchev–Trinajstić information content (AvgIpc) is 2.81. The molecular formula is C20H19BrN2O3. The first-order valence-corrected chi connectivity index (χ1v) is 9.02. The Hall–Kier alpha value is -2.47. The number of hydrogen-bond donors (Lipinski definition) is 0. The van der Waals surface area contributed by atoms with Crippen LogP contribution in [0.15, 0.2) is 58.0 Å². The number of ether oxygens (including phenoxy) is 1. The fourth-order valence-electron chi connectivity index (χ4n) is 2.73. The van der Waals surface area contributed by atoms with E-state index >= 15 is 0 Å². The second-order valence-electron chi connectivity index (χ2n) is 6.95. The van der Waals surface area contributed by atoms with Crippen molar-refractivity contribution in [1.82, 2.24) is 0 Å². The lowest BCUT2D eigenvalue weighted by atomic mass is 10.1. The SMILES string of the molecule is CC(C)(C)OC(=O)/N=C1/C(=O)N(Cc2ccccc2)c2c(Br)cccc21. The van der Waals surface area contributed by atoms with E-state index in [9.17, 15) is 9.59 Å². The maximum atomic E-state index is 13.0. The number of aliphatic imine (C=N–C) groups is 1. The minimum Gasteiger partial charge on any atom is -0.442 e. The van der Waals surface area contributed by atoms with Gasteiger partial charge in [-0.3, -0.25) is 4.79 Å². The number of carbonyl (C=O) groups excluding carboxylic acids is 2. The molecule has 0 aromatic heterocycles. The molecule has 26 heavy (non-hydrogen) atoms. The van der Waals surface area contributed by atoms with Gasteiger partial charge in [-0.05, 0) is 48.3 Å². The molecule has 0 bridgehead atoms. The number of carbonyl (C=O) groups is 2. The zero-order valence-corrected chi connectivity index (χ0v) is 16.4. The molecule has 0 atom stereocenters. The average molecular weight is 415 g/mol. The lowest BCUT2D eigenvalue weighted by molar-refractivity contribution is -0.112. The molecule has 0 fully saturated rings. The number of anilines is 1. The zero-order chi connectivity index (χ0) is 18.9. The summed E-state index contributed by atoms with van der Waals surface area (Å²) in [7, 11) is 0. The molecule has 1 heterocycles. The van der Waals surface area contributed by atoms with Gasteiger partial charge in [-0.2, -0.15) is 4.99 Å². The summed E-state index contributed by atoms with van der Waals surface area (Å²) in [6.07, 6.45) is -0.770. The smallest absolute Gasteiger partial charge is 0.434 e. The van der Waals surface area contributed by atoms with Crippen LogP contribution in [0.1, 0.15) is 31.9 Å². The fraction of sp³-hybridized carbons (Fsp3) is 0.250. The largest absolute Gasteiger partial charge is 0.442 e. The molecular weight excluding hydrogens is 396 g/mol. The number of benzene rings is 2. The van der Waals surface area contributed by atoms with Crippen molar-refractivity contribution in [3.05, 3.63) is 64.1 Å². The van der Waals surface area contributed by atoms with Gasteiger partial charge in [0.1, 0.15) is 11.3 Å². The van der Waals surface area contributed by atoms with Crippen LogP contribution in [0.4, 0.5) is 10.5 Å². The maximum absolute atomic E-state index is 13.0. The first kappa shape index (κ1) is 18.3. The number of rotatable bonds is 2. The molecule has 134 valence electrons. The topological polar surface area (TPSA) is 59.0 Å². The lowest BCUT2D eigenvalue weighted by Crippen LogP contribution is -2.30. The number of hydrogen-bond acceptors (Lipinski definition) is 3. The second kappa shape index (κ2) is 7.03. The highest BCUT2D eigenvalue weighted by atomic mass is 79.9. The molecule has 0 spiro atoms. The number of para-hydroxylation sites is 1. The van der Waals surface area contributed by atoms with Crippen molar-refractivity contribution in [2.45, 2.75) is 32.9 Å². The Kier molecular flexibility index (Phi) is 4.96. The van der Waals surface area contributed by atoms with Crippen LogP contribution in [0.5, 0.6) is 0 Å². The van der Waals surface area contributed by atoms with E-state index in [1.165, 1.54) is 0 Å². The van der Waals surface area contributed by atoms with Crippen molar-refractivity contribution in [3.8, 4) is 0 Å². The summed E-state index contributed by atoms with van der Waals surface area (Å²) < 4.78 is 6.01. The summed E-state index contributed by atoms with van der Waals surface area (Å²) in [5.41, 5.74) is 1.74. The summed E-state index contributed by atoms with van der Waals surface area (Å²) in [6.45, 7) is 5.66. The summed E-state index contributed by atoms with van der Waals surface area (Å²) >= 11 is 3.51. The Morgan fingerprint density at radius 2 is 1.81 bits per heavy atom. The van der Waals surface area contributed by atoms with Crippen molar-refractivity contribution in [2.75, 3.05) is 4.90 Å². The Balaban J connectivity index is 2.00. The van der Waals surface area contributed by atoms with E-state index in [2.05, 4.69) is 20.9 Å². The fourth-order valence-corrected chi connectivity index (χ4v) is 3.31. The predicted octanol–water partition coefficient (Wildman–Crippen LogP) is 4.72. The monoisotopic (exact) mass is 414 g/mol. The van der Waals surface area contributed by atoms with E-state index in [4.69, 9.17) is 4.74 Å². The molecule has 0 saturated carbocycles. The van der Waals surface area contributed by atoms with Gasteiger partial charge < -0.3 is 9.64 Å². The summed E-state index contributed by atoms with van der Waals surface area (Å²) in [6, 6.07) is 15.1. The van der Waals surface area contributed by atoms with E-state index in [1.807, 2.05) is 42.5 Å². The lowest BCUT2D eigenvalue weighted by Gasteiger charge is -2.18. The van der Waals surface area contributed by atoms with Crippen LogP contribution in [0.25, 0.3) is 0 Å². The van der Waals surface area contributed by atoms with Crippen LogP contribution in [0.2, 0.25) is 0 Å². The molecule has 1 aliphatic heterocycles. The third-order valence-electron chi connectivity index (χ3n) is 3.74. The number of fused-ring (bicyclic) bond motifs is 1. The number of nitrogens with zero attached hydrogens (tertiary/aromatic N) is 2. The summed E-state index contributed by atoms with van der Waals surface area (Å²) in [5.74, 6) is -0.318. The zero-order valence-electron chi connectivity index (χ0n) is 14.8. The van der Waals surface area contributed by atoms with Gasteiger partial charge in [0.25, 0.3) is 5.91 Å². The molecule has 2 aromatic carbocycles. The maximum Gasteiger partial charge on any atom is 0.434 e. The number of amides is 2. The Bertz CT molecular complexity index is 886. The molecule has 5 nitrogen and oxygen atoms in total. The Morgan fingerprint density at radius 1 is 1.12 bits per heavy atom. The third kappa shape index (κ3) is 3.85. The van der Waals surface area contributed by atoms with Gasteiger partial charge >= 0.3 is 6.09 Å². The third-order valence-corrected chi connectivity index (χ3v) is 4.38. The van der Waals surface area contributed by atoms with Crippen LogP contribution in [0, 0.1) is 0 Å². The normalized spacial score (nSPS) is 15.3. The standard InChI is InChI=1S/C20H19BrN2O3/c1-20(2,3)26-19(25)22-16-14-10-7-11-15(21)17(14)23(18(16)24)12-13-8-5-4-6-9-13/h4-11H,12H2,1-3H3/b22-16+. The molecule has 6 heteroatoms. The Morgan fingerprint density at radius 3 is 2.46 bits per heavy atom. The summed E-state index contributed by atoms with van der Waals surface area (Å²) in [4.78, 5) is 30.7. The molecule has 0 unspecified atom stereocenters. The highest BCUT2D eigenvalue weighted by molar-refractivity contribution is 9.10. The van der Waals surface area contributed by atoms with Crippen molar-refractivity contribution < 1.29 is 14.3 Å². The van der Waals surface area contributed by atoms with Gasteiger partial charge in [-0.1, -0.05) is 42.5 Å². The van der Waals surface area contributed by atoms with Crippen molar-refractivity contribution >= 4 is 39.3 Å².